The summed E-state index contributed by atoms with van der Waals surface area (Å²) in [5, 5.41) is 39.1. The van der Waals surface area contributed by atoms with Crippen molar-refractivity contribution in [3.05, 3.63) is 317 Å². The van der Waals surface area contributed by atoms with Crippen LogP contribution in [0.3, 0.4) is 0 Å². The van der Waals surface area contributed by atoms with Gasteiger partial charge in [-0.1, -0.05) is 336 Å². The zero-order valence-electron chi connectivity index (χ0n) is 59.8. The van der Waals surface area contributed by atoms with Crippen LogP contribution >= 0.6 is 81.2 Å². The maximum absolute atomic E-state index is 13.9. The van der Waals surface area contributed by atoms with Crippen LogP contribution in [0.25, 0.3) is 0 Å². The van der Waals surface area contributed by atoms with Gasteiger partial charge in [-0.15, -0.1) is 0 Å². The van der Waals surface area contributed by atoms with Gasteiger partial charge in [-0.3, -0.25) is 14.4 Å². The second kappa shape index (κ2) is 39.8. The molecule has 572 valence electrons. The number of nitrogens with zero attached hydrogens (tertiary/aromatic N) is 8. The highest BCUT2D eigenvalue weighted by Crippen LogP contribution is 2.45. The van der Waals surface area contributed by atoms with E-state index < -0.39 is 60.4 Å². The Balaban J connectivity index is 0.000000188. The largest absolute Gasteiger partial charge is 0.476 e. The van der Waals surface area contributed by atoms with Crippen molar-refractivity contribution < 1.29 is 71.8 Å². The standard InChI is InChI=1S/C33H27Cl2N3O5.C28H19Cl2N3O3.C14H13Cl2N3O5.C5H9ClO2/c1-22(2)31(39)41-21-42-32(40)29-30(43-26-18-19-27(34)28(35)20-26)36-37-38(29)33(23-12-6-3-7-13-23,24-14-8-4-9-15-24)25-16-10-5-11-17-25;29-23-17-16-22(18-24(23)30)36-26-25(27(34)35)33(32-31-26)28(19-10-4-1-5-11-19,20-12-6-2-7-13-20)21-14-8-3-9-15-21;1-7(2)13(20)22-6-23-14(21)11-12(18-19-17-11)24-8-3-4-9(15)10(16)5-8;1-4(2)5(7)8-3-6/h3-20,22H,21H2,1-2H3;1-18H,(H,34,35);3-5,7H,6H2,1-2H3,(H,17,18,19);4H,3H2,1-2H3. The summed E-state index contributed by atoms with van der Waals surface area (Å²) in [7, 11) is 0. The van der Waals surface area contributed by atoms with Crippen LogP contribution in [0.1, 0.15) is 106 Å². The number of halogens is 7. The number of benzene rings is 9. The van der Waals surface area contributed by atoms with E-state index in [1.807, 2.05) is 182 Å². The number of aromatic carboxylic acids is 1. The number of carboxylic acids is 1. The number of ether oxygens (including phenoxy) is 8. The quantitative estimate of drug-likeness (QED) is 0.0177. The van der Waals surface area contributed by atoms with Crippen LogP contribution in [-0.4, -0.2) is 106 Å². The van der Waals surface area contributed by atoms with E-state index in [4.69, 9.17) is 114 Å². The number of H-pyrrole nitrogens is 1. The summed E-state index contributed by atoms with van der Waals surface area (Å²) in [5.41, 5.74) is 1.92. The molecule has 0 atom stereocenters. The summed E-state index contributed by atoms with van der Waals surface area (Å²) in [6.45, 7) is 9.06. The van der Waals surface area contributed by atoms with Crippen LogP contribution < -0.4 is 14.2 Å². The van der Waals surface area contributed by atoms with Gasteiger partial charge in [0.2, 0.25) is 30.7 Å². The van der Waals surface area contributed by atoms with E-state index in [2.05, 4.69) is 40.8 Å². The number of hydrogen-bond donors (Lipinski definition) is 2. The van der Waals surface area contributed by atoms with Gasteiger partial charge >= 0.3 is 35.8 Å². The van der Waals surface area contributed by atoms with E-state index in [1.54, 1.807) is 71.9 Å². The molecular formula is C80H68Cl7N9O15. The molecule has 3 aromatic heterocycles. The predicted octanol–water partition coefficient (Wildman–Crippen LogP) is 19.0. The molecule has 0 aliphatic carbocycles. The zero-order chi connectivity index (χ0) is 79.8. The Kier molecular flexibility index (Phi) is 30.0. The molecule has 0 unspecified atom stereocenters. The molecule has 2 N–H and O–H groups in total. The number of nitrogens with one attached hydrogen (secondary N) is 1. The lowest BCUT2D eigenvalue weighted by atomic mass is 9.77. The number of rotatable bonds is 25. The average molecular weight is 1640 g/mol. The van der Waals surface area contributed by atoms with Crippen LogP contribution in [0.15, 0.2) is 237 Å². The first kappa shape index (κ1) is 83.7. The minimum absolute atomic E-state index is 0.0446. The van der Waals surface area contributed by atoms with Gasteiger partial charge in [0.15, 0.2) is 6.07 Å². The van der Waals surface area contributed by atoms with E-state index in [0.717, 1.165) is 33.4 Å². The van der Waals surface area contributed by atoms with E-state index >= 15 is 0 Å². The molecule has 0 aliphatic heterocycles. The Morgan fingerprint density at radius 2 is 0.676 bits per heavy atom. The first-order chi connectivity index (χ1) is 53.4. The van der Waals surface area contributed by atoms with Gasteiger partial charge < -0.3 is 43.0 Å². The molecule has 0 saturated heterocycles. The summed E-state index contributed by atoms with van der Waals surface area (Å²) in [6.07, 6.45) is 0. The summed E-state index contributed by atoms with van der Waals surface area (Å²) < 4.78 is 44.8. The molecule has 9 aromatic carbocycles. The minimum atomic E-state index is -1.25. The summed E-state index contributed by atoms with van der Waals surface area (Å²) >= 11 is 41.3. The van der Waals surface area contributed by atoms with Gasteiger partial charge in [-0.25, -0.2) is 28.8 Å². The second-order valence-electron chi connectivity index (χ2n) is 24.3. The molecule has 0 spiro atoms. The van der Waals surface area contributed by atoms with Gasteiger partial charge in [0, 0.05) is 18.2 Å². The van der Waals surface area contributed by atoms with Crippen molar-refractivity contribution in [1.29, 1.82) is 0 Å². The Labute approximate surface area is 671 Å². The Morgan fingerprint density at radius 1 is 0.378 bits per heavy atom. The first-order valence-corrected chi connectivity index (χ1v) is 36.4. The minimum Gasteiger partial charge on any atom is -0.476 e. The number of aromatic amines is 1. The second-order valence-corrected chi connectivity index (χ2v) is 27.0. The van der Waals surface area contributed by atoms with Gasteiger partial charge in [-0.2, -0.15) is 0 Å². The van der Waals surface area contributed by atoms with Crippen molar-refractivity contribution >= 4 is 117 Å². The molecule has 0 amide bonds. The lowest BCUT2D eigenvalue weighted by Gasteiger charge is -2.36. The fourth-order valence-corrected chi connectivity index (χ4v) is 11.6. The van der Waals surface area contributed by atoms with Crippen molar-refractivity contribution in [2.24, 2.45) is 17.8 Å². The number of alkyl halides is 1. The van der Waals surface area contributed by atoms with Crippen LogP contribution in [0, 0.1) is 17.8 Å². The van der Waals surface area contributed by atoms with Gasteiger partial charge in [-0.05, 0) is 69.8 Å². The Bertz CT molecular complexity index is 4930. The maximum atomic E-state index is 13.9. The van der Waals surface area contributed by atoms with Crippen molar-refractivity contribution in [3.8, 4) is 34.9 Å². The molecule has 12 rings (SSSR count). The van der Waals surface area contributed by atoms with Gasteiger partial charge in [0.05, 0.1) is 47.9 Å². The molecule has 3 heterocycles. The van der Waals surface area contributed by atoms with Crippen LogP contribution in [-0.2, 0) is 49.1 Å². The molecule has 0 fully saturated rings. The average Bonchev–Trinajstić information content (AvgIpc) is 1.70. The molecule has 0 bridgehead atoms. The van der Waals surface area contributed by atoms with E-state index in [-0.39, 0.29) is 85.2 Å². The molecule has 0 radical (unpaired) electrons. The SMILES string of the molecule is CC(C)C(=O)OCCl.CC(C)C(=O)OCOC(=O)c1[nH]nnc1Oc1ccc(Cl)c(Cl)c1.CC(C)C(=O)OCOC(=O)c1c(Oc2ccc(Cl)c(Cl)c2)nnn1C(c1ccccc1)(c1ccccc1)c1ccccc1.O=C(O)c1c(Oc2ccc(Cl)c(Cl)c2)nnn1C(c1ccccc1)(c1ccccc1)c1ccccc1. The Morgan fingerprint density at radius 3 is 0.973 bits per heavy atom. The topological polar surface area (TPSA) is 299 Å². The van der Waals surface area contributed by atoms with E-state index in [1.165, 1.54) is 33.6 Å². The van der Waals surface area contributed by atoms with Crippen molar-refractivity contribution in [3.63, 3.8) is 0 Å². The maximum Gasteiger partial charge on any atom is 0.365 e. The van der Waals surface area contributed by atoms with Crippen molar-refractivity contribution in [2.45, 2.75) is 52.6 Å². The summed E-state index contributed by atoms with van der Waals surface area (Å²) in [4.78, 5) is 72.4. The van der Waals surface area contributed by atoms with Gasteiger partial charge in [0.1, 0.15) is 28.3 Å². The molecule has 111 heavy (non-hydrogen) atoms. The Hall–Kier alpha value is -11.4. The normalized spacial score (nSPS) is 11.0. The van der Waals surface area contributed by atoms with E-state index in [0.29, 0.717) is 20.8 Å². The fourth-order valence-electron chi connectivity index (χ4n) is 10.7. The number of esters is 5. The number of carbonyl (C=O) groups excluding carboxylic acids is 5. The zero-order valence-corrected chi connectivity index (χ0v) is 65.0. The van der Waals surface area contributed by atoms with Crippen molar-refractivity contribution in [2.75, 3.05) is 19.7 Å². The third kappa shape index (κ3) is 20.8. The number of carboxylic acid groups (broad SMARTS) is 1. The molecular weight excluding hydrogens is 1580 g/mol. The van der Waals surface area contributed by atoms with Gasteiger partial charge in [0.25, 0.3) is 17.6 Å². The third-order valence-corrected chi connectivity index (χ3v) is 18.2. The van der Waals surface area contributed by atoms with E-state index in [9.17, 15) is 33.9 Å². The lowest BCUT2D eigenvalue weighted by molar-refractivity contribution is -0.157. The lowest BCUT2D eigenvalue weighted by Crippen LogP contribution is -2.40. The number of carbonyl (C=O) groups is 6. The third-order valence-electron chi connectivity index (χ3n) is 15.9. The van der Waals surface area contributed by atoms with Crippen LogP contribution in [0.5, 0.6) is 34.9 Å². The number of aromatic nitrogens is 9. The highest BCUT2D eigenvalue weighted by Gasteiger charge is 2.46. The smallest absolute Gasteiger partial charge is 0.365 e. The fraction of sp³-hybridized carbons (Fsp3) is 0.175. The highest BCUT2D eigenvalue weighted by molar-refractivity contribution is 6.43. The first-order valence-electron chi connectivity index (χ1n) is 33.6. The molecule has 31 heteroatoms. The monoisotopic (exact) mass is 1640 g/mol. The highest BCUT2D eigenvalue weighted by atomic mass is 35.5. The summed E-state index contributed by atoms with van der Waals surface area (Å²) in [5.74, 6) is -4.60. The van der Waals surface area contributed by atoms with Crippen molar-refractivity contribution in [1.82, 2.24) is 45.4 Å². The van der Waals surface area contributed by atoms with Crippen LogP contribution in [0.2, 0.25) is 30.1 Å². The number of hydrogen-bond acceptors (Lipinski definition) is 20. The van der Waals surface area contributed by atoms with Crippen LogP contribution in [0.4, 0.5) is 0 Å². The summed E-state index contributed by atoms with van der Waals surface area (Å²) in [6, 6.07) is 71.4. The molecule has 0 aliphatic rings. The molecule has 24 nitrogen and oxygen atoms in total. The molecule has 12 aromatic rings. The predicted molar refractivity (Wildman–Crippen MR) is 416 cm³/mol. The molecule has 0 saturated carbocycles.